The topological polar surface area (TPSA) is 57.5 Å². The van der Waals surface area contributed by atoms with Crippen molar-refractivity contribution in [2.75, 3.05) is 0 Å². The molecule has 1 aliphatic rings. The third kappa shape index (κ3) is 1.21. The van der Waals surface area contributed by atoms with E-state index in [0.29, 0.717) is 12.8 Å². The van der Waals surface area contributed by atoms with Gasteiger partial charge in [-0.25, -0.2) is 0 Å². The summed E-state index contributed by atoms with van der Waals surface area (Å²) in [5.41, 5.74) is 0. The lowest BCUT2D eigenvalue weighted by Gasteiger charge is -2.06. The van der Waals surface area contributed by atoms with Crippen LogP contribution in [0.1, 0.15) is 19.3 Å². The van der Waals surface area contributed by atoms with Crippen LogP contribution in [0.15, 0.2) is 0 Å². The van der Waals surface area contributed by atoms with Crippen LogP contribution in [0.25, 0.3) is 0 Å². The minimum atomic E-state index is -0.861. The third-order valence-corrected chi connectivity index (χ3v) is 1.80. The Morgan fingerprint density at radius 3 is 2.33 bits per heavy atom. The molecule has 3 nitrogen and oxygen atoms in total. The third-order valence-electron chi connectivity index (χ3n) is 1.80. The Balaban J connectivity index is 2.49. The second kappa shape index (κ2) is 2.35. The van der Waals surface area contributed by atoms with Gasteiger partial charge in [0.1, 0.15) is 0 Å². The molecular weight excluding hydrogens is 120 g/mol. The van der Waals surface area contributed by atoms with E-state index in [1.807, 2.05) is 0 Å². The van der Waals surface area contributed by atoms with E-state index in [1.165, 1.54) is 0 Å². The van der Waals surface area contributed by atoms with Gasteiger partial charge >= 0.3 is 5.97 Å². The van der Waals surface area contributed by atoms with E-state index in [1.54, 1.807) is 0 Å². The number of rotatable bonds is 1. The maximum absolute atomic E-state index is 10.3. The summed E-state index contributed by atoms with van der Waals surface area (Å²) in [7, 11) is 0. The maximum Gasteiger partial charge on any atom is 0.309 e. The van der Waals surface area contributed by atoms with Gasteiger partial charge in [0.25, 0.3) is 0 Å². The molecule has 0 spiro atoms. The fourth-order valence-electron chi connectivity index (χ4n) is 1.23. The highest BCUT2D eigenvalue weighted by molar-refractivity contribution is 5.71. The fourth-order valence-corrected chi connectivity index (χ4v) is 1.23. The lowest BCUT2D eigenvalue weighted by Crippen LogP contribution is -2.21. The molecule has 1 rings (SSSR count). The Hall–Kier alpha value is -0.570. The SMILES string of the molecule is O=C(O)[C@H]1CCC[C@H]1O. The van der Waals surface area contributed by atoms with Gasteiger partial charge in [-0.3, -0.25) is 4.79 Å². The van der Waals surface area contributed by atoms with E-state index in [9.17, 15) is 4.79 Å². The lowest BCUT2D eigenvalue weighted by molar-refractivity contribution is -0.144. The number of hydrogen-bond donors (Lipinski definition) is 2. The lowest BCUT2D eigenvalue weighted by atomic mass is 10.1. The highest BCUT2D eigenvalue weighted by Gasteiger charge is 2.30. The summed E-state index contributed by atoms with van der Waals surface area (Å²) in [6.07, 6.45) is 1.54. The molecule has 0 amide bonds. The molecule has 1 fully saturated rings. The number of carbonyl (C=O) groups is 1. The van der Waals surface area contributed by atoms with Crippen LogP contribution in [0.4, 0.5) is 0 Å². The Bertz CT molecular complexity index is 121. The minimum Gasteiger partial charge on any atom is -0.481 e. The zero-order valence-corrected chi connectivity index (χ0v) is 5.08. The van der Waals surface area contributed by atoms with Crippen LogP contribution in [0, 0.1) is 5.92 Å². The van der Waals surface area contributed by atoms with Crippen LogP contribution < -0.4 is 0 Å². The van der Waals surface area contributed by atoms with Gasteiger partial charge in [0.2, 0.25) is 0 Å². The summed E-state index contributed by atoms with van der Waals surface area (Å²) >= 11 is 0. The van der Waals surface area contributed by atoms with E-state index < -0.39 is 18.0 Å². The van der Waals surface area contributed by atoms with Gasteiger partial charge in [-0.1, -0.05) is 0 Å². The molecule has 3 heteroatoms. The fraction of sp³-hybridized carbons (Fsp3) is 0.833. The number of aliphatic carboxylic acids is 1. The number of hydrogen-bond acceptors (Lipinski definition) is 2. The van der Waals surface area contributed by atoms with E-state index in [2.05, 4.69) is 0 Å². The summed E-state index contributed by atoms with van der Waals surface area (Å²) < 4.78 is 0. The Labute approximate surface area is 53.3 Å². The minimum absolute atomic E-state index is 0.495. The van der Waals surface area contributed by atoms with Gasteiger partial charge < -0.3 is 10.2 Å². The summed E-state index contributed by atoms with van der Waals surface area (Å²) in [5, 5.41) is 17.4. The van der Waals surface area contributed by atoms with Crippen molar-refractivity contribution in [2.45, 2.75) is 25.4 Å². The smallest absolute Gasteiger partial charge is 0.309 e. The molecular formula is C6H10O3. The van der Waals surface area contributed by atoms with Gasteiger partial charge in [-0.05, 0) is 19.3 Å². The molecule has 0 aromatic rings. The standard InChI is InChI=1S/C6H10O3/c7-5-3-1-2-4(5)6(8)9/h4-5,7H,1-3H2,(H,8,9)/t4-,5+/m0/s1. The molecule has 1 saturated carbocycles. The van der Waals surface area contributed by atoms with Gasteiger partial charge in [-0.2, -0.15) is 0 Å². The Morgan fingerprint density at radius 1 is 1.44 bits per heavy atom. The van der Waals surface area contributed by atoms with Gasteiger partial charge in [0.15, 0.2) is 0 Å². The summed E-state index contributed by atoms with van der Waals surface area (Å²) in [6.45, 7) is 0. The van der Waals surface area contributed by atoms with E-state index in [4.69, 9.17) is 10.2 Å². The van der Waals surface area contributed by atoms with Crippen molar-refractivity contribution in [1.82, 2.24) is 0 Å². The number of carboxylic acid groups (broad SMARTS) is 1. The second-order valence-electron chi connectivity index (χ2n) is 2.44. The normalized spacial score (nSPS) is 34.8. The van der Waals surface area contributed by atoms with Crippen molar-refractivity contribution < 1.29 is 15.0 Å². The Kier molecular flexibility index (Phi) is 1.71. The molecule has 0 aromatic carbocycles. The number of aliphatic hydroxyl groups is 1. The van der Waals surface area contributed by atoms with Crippen molar-refractivity contribution in [3.63, 3.8) is 0 Å². The molecule has 0 heterocycles. The quantitative estimate of drug-likeness (QED) is 0.534. The van der Waals surface area contributed by atoms with E-state index >= 15 is 0 Å². The first-order valence-electron chi connectivity index (χ1n) is 3.12. The average Bonchev–Trinajstić information content (AvgIpc) is 2.13. The van der Waals surface area contributed by atoms with Crippen LogP contribution in [-0.2, 0) is 4.79 Å². The van der Waals surface area contributed by atoms with E-state index in [-0.39, 0.29) is 0 Å². The van der Waals surface area contributed by atoms with Gasteiger partial charge in [-0.15, -0.1) is 0 Å². The first-order chi connectivity index (χ1) is 4.22. The summed E-state index contributed by atoms with van der Waals surface area (Å²) in [5.74, 6) is -1.36. The monoisotopic (exact) mass is 130 g/mol. The summed E-state index contributed by atoms with van der Waals surface area (Å²) in [6, 6.07) is 0. The number of carboxylic acids is 1. The molecule has 2 N–H and O–H groups in total. The van der Waals surface area contributed by atoms with Crippen LogP contribution in [0.3, 0.4) is 0 Å². The highest BCUT2D eigenvalue weighted by atomic mass is 16.4. The first-order valence-corrected chi connectivity index (χ1v) is 3.12. The Morgan fingerprint density at radius 2 is 2.11 bits per heavy atom. The predicted molar refractivity (Wildman–Crippen MR) is 31.0 cm³/mol. The predicted octanol–water partition coefficient (Wildman–Crippen LogP) is 0.232. The molecule has 0 saturated heterocycles. The molecule has 0 bridgehead atoms. The molecule has 2 atom stereocenters. The summed E-state index contributed by atoms with van der Waals surface area (Å²) in [4.78, 5) is 10.3. The zero-order valence-electron chi connectivity index (χ0n) is 5.08. The van der Waals surface area contributed by atoms with Crippen molar-refractivity contribution >= 4 is 5.97 Å². The zero-order chi connectivity index (χ0) is 6.85. The van der Waals surface area contributed by atoms with Crippen molar-refractivity contribution in [2.24, 2.45) is 5.92 Å². The van der Waals surface area contributed by atoms with E-state index in [0.717, 1.165) is 6.42 Å². The van der Waals surface area contributed by atoms with Crippen molar-refractivity contribution in [3.8, 4) is 0 Å². The van der Waals surface area contributed by atoms with Crippen LogP contribution in [0.2, 0.25) is 0 Å². The molecule has 52 valence electrons. The molecule has 0 radical (unpaired) electrons. The van der Waals surface area contributed by atoms with Crippen molar-refractivity contribution in [1.29, 1.82) is 0 Å². The second-order valence-corrected chi connectivity index (χ2v) is 2.44. The van der Waals surface area contributed by atoms with Crippen molar-refractivity contribution in [3.05, 3.63) is 0 Å². The largest absolute Gasteiger partial charge is 0.481 e. The van der Waals surface area contributed by atoms with Crippen LogP contribution in [-0.4, -0.2) is 22.3 Å². The molecule has 1 aliphatic carbocycles. The van der Waals surface area contributed by atoms with Crippen LogP contribution >= 0.6 is 0 Å². The molecule has 0 aromatic heterocycles. The number of aliphatic hydroxyl groups excluding tert-OH is 1. The molecule has 9 heavy (non-hydrogen) atoms. The van der Waals surface area contributed by atoms with Gasteiger partial charge in [0.05, 0.1) is 12.0 Å². The first kappa shape index (κ1) is 6.55. The van der Waals surface area contributed by atoms with Crippen LogP contribution in [0.5, 0.6) is 0 Å². The maximum atomic E-state index is 10.3. The highest BCUT2D eigenvalue weighted by Crippen LogP contribution is 2.25. The molecule has 0 aliphatic heterocycles. The molecule has 0 unspecified atom stereocenters. The average molecular weight is 130 g/mol. The van der Waals surface area contributed by atoms with Gasteiger partial charge in [0, 0.05) is 0 Å².